The Kier molecular flexibility index (Phi) is 6.62. The van der Waals surface area contributed by atoms with Crippen molar-refractivity contribution in [3.8, 4) is 11.6 Å². The highest BCUT2D eigenvalue weighted by Crippen LogP contribution is 2.31. The molecule has 0 spiro atoms. The number of carbonyl (C=O) groups is 2. The van der Waals surface area contributed by atoms with E-state index in [1.54, 1.807) is 30.3 Å². The van der Waals surface area contributed by atoms with Gasteiger partial charge in [-0.05, 0) is 56.5 Å². The van der Waals surface area contributed by atoms with Crippen LogP contribution >= 0.6 is 0 Å². The summed E-state index contributed by atoms with van der Waals surface area (Å²) in [6, 6.07) is 16.1. The lowest BCUT2D eigenvalue weighted by molar-refractivity contribution is -0.135. The first-order chi connectivity index (χ1) is 17.5. The first-order valence-corrected chi connectivity index (χ1v) is 12.1. The number of carbonyl (C=O) groups excluding carboxylic acids is 2. The summed E-state index contributed by atoms with van der Waals surface area (Å²) in [6.45, 7) is 3.07. The summed E-state index contributed by atoms with van der Waals surface area (Å²) in [5, 5.41) is 5.51. The summed E-state index contributed by atoms with van der Waals surface area (Å²) < 4.78 is 7.82. The molecule has 1 saturated heterocycles. The molecule has 1 aliphatic rings. The highest BCUT2D eigenvalue weighted by Gasteiger charge is 2.30. The van der Waals surface area contributed by atoms with Crippen LogP contribution in [0.15, 0.2) is 60.8 Å². The summed E-state index contributed by atoms with van der Waals surface area (Å²) in [6.07, 6.45) is 4.93. The molecule has 0 unspecified atom stereocenters. The molecule has 2 aromatic carbocycles. The Morgan fingerprint density at radius 1 is 1.08 bits per heavy atom. The van der Waals surface area contributed by atoms with Gasteiger partial charge in [0.2, 0.25) is 17.7 Å². The number of likely N-dealkylation sites (tertiary alicyclic amines) is 1. The molecule has 0 saturated carbocycles. The Hall–Kier alpha value is -4.27. The van der Waals surface area contributed by atoms with Gasteiger partial charge in [0, 0.05) is 35.7 Å². The lowest BCUT2D eigenvalue weighted by Crippen LogP contribution is -2.39. The Labute approximate surface area is 208 Å². The SMILES string of the molecule is Cc1cc(Oc2ccc(C(N)=O)cc2)nc([C@@H]2CCCCN2C(=O)CCn2ncc3ccccc32)n1. The van der Waals surface area contributed by atoms with E-state index in [2.05, 4.69) is 15.1 Å². The maximum Gasteiger partial charge on any atom is 0.248 e. The van der Waals surface area contributed by atoms with Gasteiger partial charge in [-0.2, -0.15) is 10.1 Å². The van der Waals surface area contributed by atoms with E-state index < -0.39 is 5.91 Å². The van der Waals surface area contributed by atoms with Gasteiger partial charge in [0.25, 0.3) is 0 Å². The molecule has 2 N–H and O–H groups in total. The molecule has 0 radical (unpaired) electrons. The number of primary amides is 1. The average Bonchev–Trinajstić information content (AvgIpc) is 3.30. The van der Waals surface area contributed by atoms with E-state index in [1.807, 2.05) is 47.0 Å². The molecule has 36 heavy (non-hydrogen) atoms. The van der Waals surface area contributed by atoms with Gasteiger partial charge in [-0.25, -0.2) is 4.98 Å². The number of aromatic nitrogens is 4. The van der Waals surface area contributed by atoms with Crippen molar-refractivity contribution in [2.45, 2.75) is 45.2 Å². The quantitative estimate of drug-likeness (QED) is 0.421. The third kappa shape index (κ3) is 5.05. The van der Waals surface area contributed by atoms with Gasteiger partial charge in [0.15, 0.2) is 5.82 Å². The van der Waals surface area contributed by atoms with Gasteiger partial charge >= 0.3 is 0 Å². The summed E-state index contributed by atoms with van der Waals surface area (Å²) >= 11 is 0. The van der Waals surface area contributed by atoms with Crippen molar-refractivity contribution in [2.75, 3.05) is 6.54 Å². The van der Waals surface area contributed by atoms with Crippen molar-refractivity contribution in [1.82, 2.24) is 24.6 Å². The molecule has 2 aromatic heterocycles. The number of rotatable bonds is 7. The van der Waals surface area contributed by atoms with Crippen LogP contribution in [0.5, 0.6) is 11.6 Å². The number of para-hydroxylation sites is 1. The third-order valence-electron chi connectivity index (χ3n) is 6.42. The van der Waals surface area contributed by atoms with Crippen LogP contribution in [0.3, 0.4) is 0 Å². The van der Waals surface area contributed by atoms with Crippen molar-refractivity contribution >= 4 is 22.7 Å². The molecular formula is C27H28N6O3. The topological polar surface area (TPSA) is 116 Å². The van der Waals surface area contributed by atoms with Crippen molar-refractivity contribution in [1.29, 1.82) is 0 Å². The van der Waals surface area contributed by atoms with E-state index in [0.29, 0.717) is 42.5 Å². The number of ether oxygens (including phenoxy) is 1. The van der Waals surface area contributed by atoms with Crippen molar-refractivity contribution < 1.29 is 14.3 Å². The van der Waals surface area contributed by atoms with Gasteiger partial charge in [-0.1, -0.05) is 18.2 Å². The van der Waals surface area contributed by atoms with E-state index in [4.69, 9.17) is 10.5 Å². The molecule has 0 aliphatic carbocycles. The monoisotopic (exact) mass is 484 g/mol. The molecule has 1 aliphatic heterocycles. The number of hydrogen-bond acceptors (Lipinski definition) is 6. The second kappa shape index (κ2) is 10.2. The predicted octanol–water partition coefficient (Wildman–Crippen LogP) is 4.17. The second-order valence-electron chi connectivity index (χ2n) is 8.97. The number of piperidine rings is 1. The molecule has 5 rings (SSSR count). The largest absolute Gasteiger partial charge is 0.439 e. The average molecular weight is 485 g/mol. The molecule has 2 amide bonds. The Balaban J connectivity index is 1.32. The summed E-state index contributed by atoms with van der Waals surface area (Å²) in [4.78, 5) is 35.8. The number of fused-ring (bicyclic) bond motifs is 1. The van der Waals surface area contributed by atoms with Crippen LogP contribution in [0.1, 0.15) is 53.6 Å². The van der Waals surface area contributed by atoms with Crippen LogP contribution in [0.2, 0.25) is 0 Å². The van der Waals surface area contributed by atoms with E-state index in [-0.39, 0.29) is 11.9 Å². The fourth-order valence-corrected chi connectivity index (χ4v) is 4.62. The molecule has 9 nitrogen and oxygen atoms in total. The van der Waals surface area contributed by atoms with Crippen molar-refractivity contribution in [2.24, 2.45) is 5.73 Å². The minimum atomic E-state index is -0.496. The molecule has 4 aromatic rings. The van der Waals surface area contributed by atoms with E-state index >= 15 is 0 Å². The van der Waals surface area contributed by atoms with E-state index in [9.17, 15) is 9.59 Å². The number of aryl methyl sites for hydroxylation is 2. The fraction of sp³-hybridized carbons (Fsp3) is 0.296. The summed E-state index contributed by atoms with van der Waals surface area (Å²) in [7, 11) is 0. The number of hydrogen-bond donors (Lipinski definition) is 1. The van der Waals surface area contributed by atoms with Gasteiger partial charge in [0.1, 0.15) is 5.75 Å². The molecular weight excluding hydrogens is 456 g/mol. The van der Waals surface area contributed by atoms with Crippen LogP contribution < -0.4 is 10.5 Å². The van der Waals surface area contributed by atoms with Crippen molar-refractivity contribution in [3.63, 3.8) is 0 Å². The van der Waals surface area contributed by atoms with Gasteiger partial charge < -0.3 is 15.4 Å². The van der Waals surface area contributed by atoms with Crippen LogP contribution in [-0.4, -0.2) is 43.0 Å². The lowest BCUT2D eigenvalue weighted by Gasteiger charge is -2.35. The maximum atomic E-state index is 13.3. The molecule has 184 valence electrons. The van der Waals surface area contributed by atoms with Gasteiger partial charge in [-0.15, -0.1) is 0 Å². The van der Waals surface area contributed by atoms with E-state index in [0.717, 1.165) is 35.9 Å². The first kappa shape index (κ1) is 23.5. The zero-order valence-corrected chi connectivity index (χ0v) is 20.1. The highest BCUT2D eigenvalue weighted by molar-refractivity contribution is 5.92. The Morgan fingerprint density at radius 2 is 1.89 bits per heavy atom. The zero-order chi connectivity index (χ0) is 25.1. The van der Waals surface area contributed by atoms with Crippen LogP contribution in [0.25, 0.3) is 10.9 Å². The predicted molar refractivity (Wildman–Crippen MR) is 134 cm³/mol. The van der Waals surface area contributed by atoms with Gasteiger partial charge in [-0.3, -0.25) is 14.3 Å². The van der Waals surface area contributed by atoms with E-state index in [1.165, 1.54) is 0 Å². The Morgan fingerprint density at radius 3 is 2.69 bits per heavy atom. The number of benzene rings is 2. The maximum absolute atomic E-state index is 13.3. The summed E-state index contributed by atoms with van der Waals surface area (Å²) in [5.41, 5.74) is 7.49. The minimum Gasteiger partial charge on any atom is -0.439 e. The summed E-state index contributed by atoms with van der Waals surface area (Å²) in [5.74, 6) is 1.08. The number of nitrogens with two attached hydrogens (primary N) is 1. The molecule has 1 fully saturated rings. The normalized spacial score (nSPS) is 15.7. The molecule has 0 bridgehead atoms. The van der Waals surface area contributed by atoms with Crippen LogP contribution in [0.4, 0.5) is 0 Å². The number of amides is 2. The zero-order valence-electron chi connectivity index (χ0n) is 20.1. The molecule has 9 heteroatoms. The molecule has 1 atom stereocenters. The molecule has 3 heterocycles. The lowest BCUT2D eigenvalue weighted by atomic mass is 10.0. The highest BCUT2D eigenvalue weighted by atomic mass is 16.5. The smallest absolute Gasteiger partial charge is 0.248 e. The Bertz CT molecular complexity index is 1400. The third-order valence-corrected chi connectivity index (χ3v) is 6.42. The van der Waals surface area contributed by atoms with Crippen molar-refractivity contribution in [3.05, 3.63) is 77.9 Å². The standard InChI is InChI=1S/C27H28N6O3/c1-18-16-24(36-21-11-9-19(10-12-21)26(28)35)31-27(30-18)23-8-4-5-14-32(23)25(34)13-15-33-22-7-3-2-6-20(22)17-29-33/h2-3,6-7,9-12,16-17,23H,4-5,8,13-15H2,1H3,(H2,28,35)/t23-/m0/s1. The van der Waals surface area contributed by atoms with Crippen LogP contribution in [0, 0.1) is 6.92 Å². The fourth-order valence-electron chi connectivity index (χ4n) is 4.62. The first-order valence-electron chi connectivity index (χ1n) is 12.1. The second-order valence-corrected chi connectivity index (χ2v) is 8.97. The minimum absolute atomic E-state index is 0.0638. The van der Waals surface area contributed by atoms with Crippen LogP contribution in [-0.2, 0) is 11.3 Å². The van der Waals surface area contributed by atoms with Gasteiger partial charge in [0.05, 0.1) is 24.3 Å². The number of nitrogens with zero attached hydrogens (tertiary/aromatic N) is 5.